The second-order valence-electron chi connectivity index (χ2n) is 7.44. The van der Waals surface area contributed by atoms with Gasteiger partial charge in [-0.25, -0.2) is 9.37 Å². The molecule has 0 aliphatic carbocycles. The van der Waals surface area contributed by atoms with E-state index in [4.69, 9.17) is 16.3 Å². The highest BCUT2D eigenvalue weighted by Gasteiger charge is 2.21. The Kier molecular flexibility index (Phi) is 9.50. The largest absolute Gasteiger partial charge is 0.483 e. The van der Waals surface area contributed by atoms with Crippen LogP contribution in [0.15, 0.2) is 47.8 Å². The summed E-state index contributed by atoms with van der Waals surface area (Å²) in [5.41, 5.74) is 0. The molecule has 2 heterocycles. The number of carbonyl (C=O) groups excluding carboxylic acids is 1. The lowest BCUT2D eigenvalue weighted by Gasteiger charge is -2.14. The molecule has 1 amide bonds. The average molecular weight is 492 g/mol. The Balaban J connectivity index is 1.68. The number of nitrogens with zero attached hydrogens (tertiary/aromatic N) is 4. The molecule has 0 bridgehead atoms. The summed E-state index contributed by atoms with van der Waals surface area (Å²) in [5, 5.41) is 12.0. The number of thioether (sulfide) groups is 1. The predicted octanol–water partition coefficient (Wildman–Crippen LogP) is 5.74. The van der Waals surface area contributed by atoms with Gasteiger partial charge in [0.2, 0.25) is 5.91 Å². The molecule has 0 radical (unpaired) electrons. The summed E-state index contributed by atoms with van der Waals surface area (Å²) in [4.78, 5) is 16.7. The lowest BCUT2D eigenvalue weighted by atomic mass is 10.2. The molecule has 1 atom stereocenters. The van der Waals surface area contributed by atoms with Gasteiger partial charge in [-0.1, -0.05) is 61.7 Å². The van der Waals surface area contributed by atoms with E-state index in [1.807, 2.05) is 4.57 Å². The van der Waals surface area contributed by atoms with Gasteiger partial charge in [-0.05, 0) is 37.6 Å². The van der Waals surface area contributed by atoms with Gasteiger partial charge in [-0.3, -0.25) is 4.79 Å². The van der Waals surface area contributed by atoms with Gasteiger partial charge in [0.15, 0.2) is 22.5 Å². The maximum Gasteiger partial charge on any atom is 0.238 e. The van der Waals surface area contributed by atoms with E-state index in [-0.39, 0.29) is 18.3 Å². The maximum absolute atomic E-state index is 13.9. The lowest BCUT2D eigenvalue weighted by Crippen LogP contribution is -2.23. The zero-order chi connectivity index (χ0) is 23.6. The molecule has 3 rings (SSSR count). The van der Waals surface area contributed by atoms with Crippen molar-refractivity contribution in [2.24, 2.45) is 0 Å². The van der Waals surface area contributed by atoms with E-state index >= 15 is 0 Å². The fraction of sp³-hybridized carbons (Fsp3) is 0.391. The summed E-state index contributed by atoms with van der Waals surface area (Å²) >= 11 is 7.15. The van der Waals surface area contributed by atoms with Crippen LogP contribution < -0.4 is 10.1 Å². The summed E-state index contributed by atoms with van der Waals surface area (Å²) < 4.78 is 21.5. The number of anilines is 1. The van der Waals surface area contributed by atoms with Gasteiger partial charge in [-0.15, -0.1) is 10.2 Å². The van der Waals surface area contributed by atoms with Gasteiger partial charge in [0, 0.05) is 12.7 Å². The van der Waals surface area contributed by atoms with Crippen LogP contribution in [-0.2, 0) is 17.9 Å². The van der Waals surface area contributed by atoms with Crippen molar-refractivity contribution in [1.82, 2.24) is 19.7 Å². The van der Waals surface area contributed by atoms with Crippen molar-refractivity contribution >= 4 is 35.1 Å². The number of carbonyl (C=O) groups is 1. The van der Waals surface area contributed by atoms with Crippen molar-refractivity contribution in [2.75, 3.05) is 5.32 Å². The van der Waals surface area contributed by atoms with Crippen LogP contribution in [0.5, 0.6) is 5.75 Å². The molecule has 0 saturated carbocycles. The fourth-order valence-electron chi connectivity index (χ4n) is 3.03. The summed E-state index contributed by atoms with van der Waals surface area (Å²) in [6.07, 6.45) is 5.76. The van der Waals surface area contributed by atoms with Crippen molar-refractivity contribution in [3.8, 4) is 5.75 Å². The number of amides is 1. The first-order chi connectivity index (χ1) is 16.0. The average Bonchev–Trinajstić information content (AvgIpc) is 3.18. The van der Waals surface area contributed by atoms with E-state index in [1.54, 1.807) is 37.3 Å². The molecule has 0 aliphatic rings. The van der Waals surface area contributed by atoms with Gasteiger partial charge < -0.3 is 14.6 Å². The van der Waals surface area contributed by atoms with E-state index < -0.39 is 11.1 Å². The Morgan fingerprint density at radius 2 is 2.03 bits per heavy atom. The minimum absolute atomic E-state index is 0.0809. The Hall–Kier alpha value is -2.65. The molecule has 0 saturated heterocycles. The number of nitrogens with one attached hydrogen (secondary N) is 1. The number of hydrogen-bond donors (Lipinski definition) is 1. The Labute approximate surface area is 202 Å². The van der Waals surface area contributed by atoms with Crippen LogP contribution >= 0.6 is 23.4 Å². The SMILES string of the molecule is CCCCCCn1c(COc2ccccc2F)nnc1S[C@@H](C)C(=O)Nc1ccc(Cl)cn1. The lowest BCUT2D eigenvalue weighted by molar-refractivity contribution is -0.115. The monoisotopic (exact) mass is 491 g/mol. The third-order valence-electron chi connectivity index (χ3n) is 4.85. The molecule has 176 valence electrons. The van der Waals surface area contributed by atoms with Crippen LogP contribution in [0, 0.1) is 5.82 Å². The smallest absolute Gasteiger partial charge is 0.238 e. The molecule has 0 aliphatic heterocycles. The minimum Gasteiger partial charge on any atom is -0.483 e. The van der Waals surface area contributed by atoms with Crippen LogP contribution in [-0.4, -0.2) is 30.9 Å². The predicted molar refractivity (Wildman–Crippen MR) is 128 cm³/mol. The first-order valence-corrected chi connectivity index (χ1v) is 12.1. The van der Waals surface area contributed by atoms with Crippen LogP contribution in [0.3, 0.4) is 0 Å². The highest BCUT2D eigenvalue weighted by Crippen LogP contribution is 2.25. The van der Waals surface area contributed by atoms with Gasteiger partial charge in [0.1, 0.15) is 12.4 Å². The topological polar surface area (TPSA) is 81.9 Å². The second kappa shape index (κ2) is 12.6. The molecule has 10 heteroatoms. The molecule has 33 heavy (non-hydrogen) atoms. The summed E-state index contributed by atoms with van der Waals surface area (Å²) in [6.45, 7) is 4.72. The molecule has 1 aromatic carbocycles. The van der Waals surface area contributed by atoms with Crippen molar-refractivity contribution < 1.29 is 13.9 Å². The number of hydrogen-bond acceptors (Lipinski definition) is 6. The number of halogens is 2. The number of rotatable bonds is 12. The maximum atomic E-state index is 13.9. The molecule has 0 fully saturated rings. The van der Waals surface area contributed by atoms with E-state index in [0.29, 0.717) is 28.4 Å². The van der Waals surface area contributed by atoms with Crippen molar-refractivity contribution in [3.05, 3.63) is 59.3 Å². The molecule has 0 spiro atoms. The minimum atomic E-state index is -0.443. The molecular weight excluding hydrogens is 465 g/mol. The standard InChI is InChI=1S/C23H27ClFN5O2S/c1-3-4-5-8-13-30-21(15-32-19-10-7-6-9-18(19)25)28-29-23(30)33-16(2)22(31)27-20-12-11-17(24)14-26-20/h6-7,9-12,14,16H,3-5,8,13,15H2,1-2H3,(H,26,27,31)/t16-/m0/s1. The van der Waals surface area contributed by atoms with E-state index in [9.17, 15) is 9.18 Å². The molecular formula is C23H27ClFN5O2S. The highest BCUT2D eigenvalue weighted by atomic mass is 35.5. The first kappa shape index (κ1) is 25.0. The number of pyridine rings is 1. The van der Waals surface area contributed by atoms with Gasteiger partial charge in [-0.2, -0.15) is 0 Å². The van der Waals surface area contributed by atoms with E-state index in [2.05, 4.69) is 27.4 Å². The molecule has 1 N–H and O–H groups in total. The quantitative estimate of drug-likeness (QED) is 0.257. The van der Waals surface area contributed by atoms with E-state index in [0.717, 1.165) is 25.7 Å². The molecule has 2 aromatic heterocycles. The highest BCUT2D eigenvalue weighted by molar-refractivity contribution is 8.00. The molecule has 7 nitrogen and oxygen atoms in total. The van der Waals surface area contributed by atoms with Crippen LogP contribution in [0.1, 0.15) is 45.4 Å². The summed E-state index contributed by atoms with van der Waals surface area (Å²) in [6, 6.07) is 9.55. The van der Waals surface area contributed by atoms with Crippen molar-refractivity contribution in [3.63, 3.8) is 0 Å². The van der Waals surface area contributed by atoms with E-state index in [1.165, 1.54) is 24.0 Å². The number of para-hydroxylation sites is 1. The molecule has 3 aromatic rings. The van der Waals surface area contributed by atoms with Gasteiger partial charge >= 0.3 is 0 Å². The summed E-state index contributed by atoms with van der Waals surface area (Å²) in [7, 11) is 0. The van der Waals surface area contributed by atoms with Crippen LogP contribution in [0.2, 0.25) is 5.02 Å². The third kappa shape index (κ3) is 7.43. The third-order valence-corrected chi connectivity index (χ3v) is 6.16. The Bertz CT molecular complexity index is 1050. The molecule has 0 unspecified atom stereocenters. The van der Waals surface area contributed by atoms with Gasteiger partial charge in [0.25, 0.3) is 0 Å². The second-order valence-corrected chi connectivity index (χ2v) is 9.19. The zero-order valence-corrected chi connectivity index (χ0v) is 20.2. The number of unbranched alkanes of at least 4 members (excludes halogenated alkanes) is 3. The number of ether oxygens (including phenoxy) is 1. The number of benzene rings is 1. The van der Waals surface area contributed by atoms with Crippen LogP contribution in [0.25, 0.3) is 0 Å². The Morgan fingerprint density at radius 1 is 1.21 bits per heavy atom. The first-order valence-electron chi connectivity index (χ1n) is 10.9. The normalized spacial score (nSPS) is 11.9. The zero-order valence-electron chi connectivity index (χ0n) is 18.6. The van der Waals surface area contributed by atoms with Crippen LogP contribution in [0.4, 0.5) is 10.2 Å². The van der Waals surface area contributed by atoms with Crippen molar-refractivity contribution in [2.45, 2.75) is 63.1 Å². The fourth-order valence-corrected chi connectivity index (χ4v) is 4.03. The summed E-state index contributed by atoms with van der Waals surface area (Å²) in [5.74, 6) is 0.540. The number of aromatic nitrogens is 4. The van der Waals surface area contributed by atoms with Gasteiger partial charge in [0.05, 0.1) is 10.3 Å². The van der Waals surface area contributed by atoms with Crippen molar-refractivity contribution in [1.29, 1.82) is 0 Å². The Morgan fingerprint density at radius 3 is 2.76 bits per heavy atom.